The van der Waals surface area contributed by atoms with Crippen molar-refractivity contribution in [3.05, 3.63) is 0 Å². The summed E-state index contributed by atoms with van der Waals surface area (Å²) in [6.07, 6.45) is 10.9. The lowest BCUT2D eigenvalue weighted by molar-refractivity contribution is 0.0893. The molecule has 0 heterocycles. The SMILES string of the molecule is CCC1CCC(N)(C2CC(C)CC(C)C2)CC1. The fourth-order valence-electron chi connectivity index (χ4n) is 4.45. The van der Waals surface area contributed by atoms with E-state index in [2.05, 4.69) is 20.8 Å². The summed E-state index contributed by atoms with van der Waals surface area (Å²) in [5, 5.41) is 0. The maximum Gasteiger partial charge on any atom is 0.0183 e. The second kappa shape index (κ2) is 5.30. The van der Waals surface area contributed by atoms with E-state index < -0.39 is 0 Å². The number of rotatable bonds is 2. The fraction of sp³-hybridized carbons (Fsp3) is 1.00. The van der Waals surface area contributed by atoms with Gasteiger partial charge in [0, 0.05) is 5.54 Å². The van der Waals surface area contributed by atoms with Crippen LogP contribution in [0.5, 0.6) is 0 Å². The molecule has 100 valence electrons. The lowest BCUT2D eigenvalue weighted by Gasteiger charge is -2.47. The maximum atomic E-state index is 6.78. The van der Waals surface area contributed by atoms with E-state index in [1.54, 1.807) is 0 Å². The highest BCUT2D eigenvalue weighted by molar-refractivity contribution is 4.97. The van der Waals surface area contributed by atoms with Crippen LogP contribution < -0.4 is 5.73 Å². The topological polar surface area (TPSA) is 26.0 Å². The third kappa shape index (κ3) is 3.05. The molecule has 0 amide bonds. The lowest BCUT2D eigenvalue weighted by Crippen LogP contribution is -2.51. The molecular formula is C16H31N. The number of hydrogen-bond acceptors (Lipinski definition) is 1. The first-order chi connectivity index (χ1) is 8.03. The minimum Gasteiger partial charge on any atom is -0.325 e. The second-order valence-electron chi connectivity index (χ2n) is 7.20. The third-order valence-electron chi connectivity index (χ3n) is 5.60. The van der Waals surface area contributed by atoms with Crippen LogP contribution in [-0.2, 0) is 0 Å². The van der Waals surface area contributed by atoms with Crippen LogP contribution in [0.25, 0.3) is 0 Å². The van der Waals surface area contributed by atoms with Crippen molar-refractivity contribution in [1.29, 1.82) is 0 Å². The molecule has 0 aromatic carbocycles. The van der Waals surface area contributed by atoms with E-state index in [0.29, 0.717) is 0 Å². The van der Waals surface area contributed by atoms with Gasteiger partial charge in [0.05, 0.1) is 0 Å². The molecule has 2 saturated carbocycles. The van der Waals surface area contributed by atoms with E-state index in [0.717, 1.165) is 23.7 Å². The van der Waals surface area contributed by atoms with Crippen LogP contribution in [0.1, 0.15) is 72.1 Å². The molecule has 0 aromatic rings. The summed E-state index contributed by atoms with van der Waals surface area (Å²) in [7, 11) is 0. The zero-order valence-electron chi connectivity index (χ0n) is 12.0. The molecule has 17 heavy (non-hydrogen) atoms. The predicted molar refractivity (Wildman–Crippen MR) is 74.8 cm³/mol. The average molecular weight is 237 g/mol. The van der Waals surface area contributed by atoms with Crippen molar-refractivity contribution >= 4 is 0 Å². The van der Waals surface area contributed by atoms with Gasteiger partial charge in [0.2, 0.25) is 0 Å². The zero-order valence-corrected chi connectivity index (χ0v) is 12.0. The predicted octanol–water partition coefficient (Wildman–Crippen LogP) is 4.36. The summed E-state index contributed by atoms with van der Waals surface area (Å²) in [6, 6.07) is 0. The molecule has 2 fully saturated rings. The Morgan fingerprint density at radius 1 is 1.00 bits per heavy atom. The average Bonchev–Trinajstić information content (AvgIpc) is 2.29. The Kier molecular flexibility index (Phi) is 4.18. The van der Waals surface area contributed by atoms with Gasteiger partial charge in [-0.25, -0.2) is 0 Å². The Bertz CT molecular complexity index is 230. The van der Waals surface area contributed by atoms with Crippen molar-refractivity contribution in [2.75, 3.05) is 0 Å². The van der Waals surface area contributed by atoms with Crippen molar-refractivity contribution < 1.29 is 0 Å². The van der Waals surface area contributed by atoms with Crippen molar-refractivity contribution in [1.82, 2.24) is 0 Å². The Morgan fingerprint density at radius 2 is 1.53 bits per heavy atom. The van der Waals surface area contributed by atoms with Gasteiger partial charge >= 0.3 is 0 Å². The highest BCUT2D eigenvalue weighted by atomic mass is 14.8. The molecule has 2 atom stereocenters. The molecule has 0 radical (unpaired) electrons. The van der Waals surface area contributed by atoms with E-state index in [4.69, 9.17) is 5.73 Å². The minimum absolute atomic E-state index is 0.189. The van der Waals surface area contributed by atoms with Crippen molar-refractivity contribution in [2.24, 2.45) is 29.4 Å². The molecule has 0 saturated heterocycles. The van der Waals surface area contributed by atoms with Crippen LogP contribution in [0.3, 0.4) is 0 Å². The molecule has 2 N–H and O–H groups in total. The first-order valence-electron chi connectivity index (χ1n) is 7.82. The van der Waals surface area contributed by atoms with E-state index in [1.807, 2.05) is 0 Å². The molecule has 2 unspecified atom stereocenters. The number of nitrogens with two attached hydrogens (primary N) is 1. The highest BCUT2D eigenvalue weighted by Gasteiger charge is 2.40. The number of hydrogen-bond donors (Lipinski definition) is 1. The largest absolute Gasteiger partial charge is 0.325 e. The van der Waals surface area contributed by atoms with Gasteiger partial charge in [-0.1, -0.05) is 27.2 Å². The lowest BCUT2D eigenvalue weighted by atomic mass is 9.62. The van der Waals surface area contributed by atoms with Crippen LogP contribution in [0.4, 0.5) is 0 Å². The van der Waals surface area contributed by atoms with Crippen LogP contribution in [0, 0.1) is 23.7 Å². The Balaban J connectivity index is 1.96. The minimum atomic E-state index is 0.189. The van der Waals surface area contributed by atoms with Crippen LogP contribution in [0.15, 0.2) is 0 Å². The molecule has 0 aromatic heterocycles. The monoisotopic (exact) mass is 237 g/mol. The maximum absolute atomic E-state index is 6.78. The quantitative estimate of drug-likeness (QED) is 0.759. The zero-order chi connectivity index (χ0) is 12.5. The summed E-state index contributed by atoms with van der Waals surface area (Å²) in [6.45, 7) is 7.17. The van der Waals surface area contributed by atoms with Crippen LogP contribution in [-0.4, -0.2) is 5.54 Å². The summed E-state index contributed by atoms with van der Waals surface area (Å²) < 4.78 is 0. The molecule has 1 heteroatoms. The van der Waals surface area contributed by atoms with Gasteiger partial charge in [-0.2, -0.15) is 0 Å². The molecule has 2 rings (SSSR count). The summed E-state index contributed by atoms with van der Waals surface area (Å²) in [5.74, 6) is 3.56. The van der Waals surface area contributed by atoms with E-state index in [1.165, 1.54) is 51.4 Å². The van der Waals surface area contributed by atoms with E-state index >= 15 is 0 Å². The molecular weight excluding hydrogens is 206 g/mol. The van der Waals surface area contributed by atoms with Crippen molar-refractivity contribution in [3.8, 4) is 0 Å². The van der Waals surface area contributed by atoms with Gasteiger partial charge in [-0.15, -0.1) is 0 Å². The van der Waals surface area contributed by atoms with Gasteiger partial charge in [0.25, 0.3) is 0 Å². The van der Waals surface area contributed by atoms with Crippen LogP contribution in [0.2, 0.25) is 0 Å². The van der Waals surface area contributed by atoms with Crippen LogP contribution >= 0.6 is 0 Å². The van der Waals surface area contributed by atoms with Gasteiger partial charge in [-0.3, -0.25) is 0 Å². The molecule has 0 spiro atoms. The first kappa shape index (κ1) is 13.4. The van der Waals surface area contributed by atoms with E-state index in [9.17, 15) is 0 Å². The highest BCUT2D eigenvalue weighted by Crippen LogP contribution is 2.44. The Morgan fingerprint density at radius 3 is 2.00 bits per heavy atom. The van der Waals surface area contributed by atoms with Gasteiger partial charge < -0.3 is 5.73 Å². The standard InChI is InChI=1S/C16H31N/c1-4-14-5-7-16(17,8-6-14)15-10-12(2)9-13(3)11-15/h12-15H,4-11,17H2,1-3H3. The first-order valence-corrected chi connectivity index (χ1v) is 7.82. The third-order valence-corrected chi connectivity index (χ3v) is 5.60. The fourth-order valence-corrected chi connectivity index (χ4v) is 4.45. The molecule has 0 aliphatic heterocycles. The smallest absolute Gasteiger partial charge is 0.0183 e. The van der Waals surface area contributed by atoms with Crippen molar-refractivity contribution in [3.63, 3.8) is 0 Å². The summed E-state index contributed by atoms with van der Waals surface area (Å²) in [4.78, 5) is 0. The second-order valence-corrected chi connectivity index (χ2v) is 7.20. The summed E-state index contributed by atoms with van der Waals surface area (Å²) >= 11 is 0. The van der Waals surface area contributed by atoms with Gasteiger partial charge in [0.1, 0.15) is 0 Å². The Hall–Kier alpha value is -0.0400. The summed E-state index contributed by atoms with van der Waals surface area (Å²) in [5.41, 5.74) is 6.96. The van der Waals surface area contributed by atoms with Gasteiger partial charge in [-0.05, 0) is 68.6 Å². The molecule has 2 aliphatic carbocycles. The van der Waals surface area contributed by atoms with Crippen molar-refractivity contribution in [2.45, 2.75) is 77.7 Å². The van der Waals surface area contributed by atoms with Gasteiger partial charge in [0.15, 0.2) is 0 Å². The molecule has 1 nitrogen and oxygen atoms in total. The molecule has 0 bridgehead atoms. The normalized spacial score (nSPS) is 48.0. The Labute approximate surface area is 108 Å². The molecule has 2 aliphatic rings. The van der Waals surface area contributed by atoms with E-state index in [-0.39, 0.29) is 5.54 Å².